The third kappa shape index (κ3) is 3.88. The highest BCUT2D eigenvalue weighted by molar-refractivity contribution is 5.80. The zero-order valence-electron chi connectivity index (χ0n) is 13.1. The van der Waals surface area contributed by atoms with E-state index in [0.717, 1.165) is 0 Å². The first-order chi connectivity index (χ1) is 9.86. The number of benzene rings is 1. The SMILES string of the molecule is CCCCCCCC(CCC)n1ccc2ccccc21. The second-order valence-corrected chi connectivity index (χ2v) is 5.93. The van der Waals surface area contributed by atoms with Crippen molar-refractivity contribution in [3.05, 3.63) is 36.5 Å². The summed E-state index contributed by atoms with van der Waals surface area (Å²) in [5.74, 6) is 0. The van der Waals surface area contributed by atoms with Crippen LogP contribution in [0.25, 0.3) is 10.9 Å². The Hall–Kier alpha value is -1.24. The molecule has 2 rings (SSSR count). The second kappa shape index (κ2) is 8.14. The molecule has 1 aromatic carbocycles. The number of hydrogen-bond donors (Lipinski definition) is 0. The number of nitrogens with zero attached hydrogens (tertiary/aromatic N) is 1. The largest absolute Gasteiger partial charge is 0.344 e. The lowest BCUT2D eigenvalue weighted by molar-refractivity contribution is 0.419. The van der Waals surface area contributed by atoms with Crippen LogP contribution in [0.5, 0.6) is 0 Å². The third-order valence-electron chi connectivity index (χ3n) is 4.29. The molecule has 0 bridgehead atoms. The van der Waals surface area contributed by atoms with E-state index in [4.69, 9.17) is 0 Å². The van der Waals surface area contributed by atoms with Gasteiger partial charge >= 0.3 is 0 Å². The molecule has 2 aromatic rings. The average Bonchev–Trinajstić information content (AvgIpc) is 2.90. The monoisotopic (exact) mass is 271 g/mol. The quantitative estimate of drug-likeness (QED) is 0.469. The first kappa shape index (κ1) is 15.2. The van der Waals surface area contributed by atoms with Crippen LogP contribution in [-0.4, -0.2) is 4.57 Å². The molecule has 0 spiro atoms. The van der Waals surface area contributed by atoms with Gasteiger partial charge in [0.25, 0.3) is 0 Å². The van der Waals surface area contributed by atoms with Gasteiger partial charge in [-0.2, -0.15) is 0 Å². The molecule has 0 radical (unpaired) electrons. The lowest BCUT2D eigenvalue weighted by Gasteiger charge is -2.19. The van der Waals surface area contributed by atoms with E-state index < -0.39 is 0 Å². The van der Waals surface area contributed by atoms with Crippen LogP contribution < -0.4 is 0 Å². The molecule has 20 heavy (non-hydrogen) atoms. The maximum Gasteiger partial charge on any atom is 0.0482 e. The lowest BCUT2D eigenvalue weighted by atomic mass is 10.0. The molecule has 110 valence electrons. The number of aromatic nitrogens is 1. The number of unbranched alkanes of at least 4 members (excludes halogenated alkanes) is 4. The van der Waals surface area contributed by atoms with Crippen molar-refractivity contribution < 1.29 is 0 Å². The molecule has 0 saturated carbocycles. The Morgan fingerprint density at radius 3 is 2.45 bits per heavy atom. The van der Waals surface area contributed by atoms with Gasteiger partial charge in [0.2, 0.25) is 0 Å². The fourth-order valence-electron chi connectivity index (χ4n) is 3.16. The molecule has 0 aliphatic heterocycles. The maximum atomic E-state index is 2.51. The Balaban J connectivity index is 2.00. The molecule has 0 aliphatic carbocycles. The van der Waals surface area contributed by atoms with Crippen molar-refractivity contribution >= 4 is 10.9 Å². The van der Waals surface area contributed by atoms with Crippen molar-refractivity contribution in [3.63, 3.8) is 0 Å². The fraction of sp³-hybridized carbons (Fsp3) is 0.579. The molecule has 0 fully saturated rings. The highest BCUT2D eigenvalue weighted by atomic mass is 15.0. The van der Waals surface area contributed by atoms with Crippen molar-refractivity contribution in [1.82, 2.24) is 4.57 Å². The zero-order chi connectivity index (χ0) is 14.2. The minimum atomic E-state index is 0.682. The fourth-order valence-corrected chi connectivity index (χ4v) is 3.16. The Kier molecular flexibility index (Phi) is 6.17. The van der Waals surface area contributed by atoms with E-state index in [9.17, 15) is 0 Å². The molecule has 0 saturated heterocycles. The summed E-state index contributed by atoms with van der Waals surface area (Å²) in [5.41, 5.74) is 1.40. The Labute approximate surface area is 124 Å². The van der Waals surface area contributed by atoms with Crippen LogP contribution in [0.15, 0.2) is 36.5 Å². The average molecular weight is 271 g/mol. The van der Waals surface area contributed by atoms with Crippen LogP contribution in [0, 0.1) is 0 Å². The Morgan fingerprint density at radius 1 is 0.850 bits per heavy atom. The van der Waals surface area contributed by atoms with Gasteiger partial charge in [-0.3, -0.25) is 0 Å². The summed E-state index contributed by atoms with van der Waals surface area (Å²) in [6.07, 6.45) is 13.1. The van der Waals surface area contributed by atoms with Gasteiger partial charge in [0, 0.05) is 17.8 Å². The van der Waals surface area contributed by atoms with E-state index in [1.54, 1.807) is 0 Å². The minimum absolute atomic E-state index is 0.682. The van der Waals surface area contributed by atoms with Gasteiger partial charge in [-0.25, -0.2) is 0 Å². The normalized spacial score (nSPS) is 12.9. The number of hydrogen-bond acceptors (Lipinski definition) is 0. The van der Waals surface area contributed by atoms with Crippen LogP contribution in [0.1, 0.15) is 71.3 Å². The Bertz CT molecular complexity index is 497. The molecule has 1 unspecified atom stereocenters. The van der Waals surface area contributed by atoms with E-state index >= 15 is 0 Å². The molecule has 0 aliphatic rings. The predicted octanol–water partition coefficient (Wildman–Crippen LogP) is 6.34. The highest BCUT2D eigenvalue weighted by Gasteiger charge is 2.11. The van der Waals surface area contributed by atoms with Crippen molar-refractivity contribution in [2.75, 3.05) is 0 Å². The summed E-state index contributed by atoms with van der Waals surface area (Å²) in [7, 11) is 0. The molecular weight excluding hydrogens is 242 g/mol. The van der Waals surface area contributed by atoms with Crippen molar-refractivity contribution in [2.45, 2.75) is 71.3 Å². The standard InChI is InChI=1S/C19H29N/c1-3-5-6-7-8-13-18(11-4-2)20-16-15-17-12-9-10-14-19(17)20/h9-10,12,14-16,18H,3-8,11,13H2,1-2H3. The molecule has 1 aromatic heterocycles. The number of rotatable bonds is 9. The van der Waals surface area contributed by atoms with Gasteiger partial charge in [0.05, 0.1) is 0 Å². The van der Waals surface area contributed by atoms with Crippen LogP contribution in [0.3, 0.4) is 0 Å². The minimum Gasteiger partial charge on any atom is -0.344 e. The lowest BCUT2D eigenvalue weighted by Crippen LogP contribution is -2.07. The van der Waals surface area contributed by atoms with Gasteiger partial charge in [0.15, 0.2) is 0 Å². The summed E-state index contributed by atoms with van der Waals surface area (Å²) >= 11 is 0. The third-order valence-corrected chi connectivity index (χ3v) is 4.29. The maximum absolute atomic E-state index is 2.51. The van der Waals surface area contributed by atoms with Crippen LogP contribution in [-0.2, 0) is 0 Å². The topological polar surface area (TPSA) is 4.93 Å². The van der Waals surface area contributed by atoms with Crippen molar-refractivity contribution in [3.8, 4) is 0 Å². The first-order valence-electron chi connectivity index (χ1n) is 8.42. The summed E-state index contributed by atoms with van der Waals surface area (Å²) in [5, 5.41) is 1.37. The predicted molar refractivity (Wildman–Crippen MR) is 89.3 cm³/mol. The van der Waals surface area contributed by atoms with Gasteiger partial charge in [-0.15, -0.1) is 0 Å². The summed E-state index contributed by atoms with van der Waals surface area (Å²) in [6, 6.07) is 11.7. The van der Waals surface area contributed by atoms with Crippen LogP contribution in [0.2, 0.25) is 0 Å². The highest BCUT2D eigenvalue weighted by Crippen LogP contribution is 2.27. The zero-order valence-corrected chi connectivity index (χ0v) is 13.1. The summed E-state index contributed by atoms with van der Waals surface area (Å²) < 4.78 is 2.51. The van der Waals surface area contributed by atoms with Gasteiger partial charge in [-0.05, 0) is 30.4 Å². The van der Waals surface area contributed by atoms with E-state index in [2.05, 4.69) is 54.9 Å². The number of fused-ring (bicyclic) bond motifs is 1. The van der Waals surface area contributed by atoms with E-state index in [1.165, 1.54) is 62.3 Å². The molecule has 1 heterocycles. The second-order valence-electron chi connectivity index (χ2n) is 5.93. The molecule has 0 N–H and O–H groups in total. The summed E-state index contributed by atoms with van der Waals surface area (Å²) in [4.78, 5) is 0. The van der Waals surface area contributed by atoms with Gasteiger partial charge in [0.1, 0.15) is 0 Å². The van der Waals surface area contributed by atoms with Crippen molar-refractivity contribution in [1.29, 1.82) is 0 Å². The molecule has 0 amide bonds. The molecule has 1 atom stereocenters. The van der Waals surface area contributed by atoms with Crippen LogP contribution >= 0.6 is 0 Å². The molecular formula is C19H29N. The van der Waals surface area contributed by atoms with E-state index in [-0.39, 0.29) is 0 Å². The molecule has 1 nitrogen and oxygen atoms in total. The summed E-state index contributed by atoms with van der Waals surface area (Å²) in [6.45, 7) is 4.58. The number of para-hydroxylation sites is 1. The first-order valence-corrected chi connectivity index (χ1v) is 8.42. The van der Waals surface area contributed by atoms with Gasteiger partial charge in [-0.1, -0.05) is 70.6 Å². The smallest absolute Gasteiger partial charge is 0.0482 e. The van der Waals surface area contributed by atoms with E-state index in [0.29, 0.717) is 6.04 Å². The van der Waals surface area contributed by atoms with E-state index in [1.807, 2.05) is 0 Å². The van der Waals surface area contributed by atoms with Crippen LogP contribution in [0.4, 0.5) is 0 Å². The molecule has 1 heteroatoms. The Morgan fingerprint density at radius 2 is 1.65 bits per heavy atom. The van der Waals surface area contributed by atoms with Gasteiger partial charge < -0.3 is 4.57 Å². The van der Waals surface area contributed by atoms with Crippen molar-refractivity contribution in [2.24, 2.45) is 0 Å².